The Morgan fingerprint density at radius 1 is 1.43 bits per heavy atom. The molecule has 23 heavy (non-hydrogen) atoms. The molecule has 1 aliphatic heterocycles. The number of amides is 1. The largest absolute Gasteiger partial charge is 0.465 e. The highest BCUT2D eigenvalue weighted by Gasteiger charge is 2.20. The standard InChI is InChI=1S/C16H21BrN2O4/c1-3-12(17)15(20)19-13-5-4-10(16(21)22-2)8-14(13)18-9-11-6-7-23-11/h4-5,8,11-12,18H,3,6-7,9H2,1-2H3,(H,19,20)/t11-,12-/m0/s1. The molecule has 7 heteroatoms. The summed E-state index contributed by atoms with van der Waals surface area (Å²) in [6.45, 7) is 3.32. The van der Waals surface area contributed by atoms with Crippen LogP contribution in [0.3, 0.4) is 0 Å². The lowest BCUT2D eigenvalue weighted by Gasteiger charge is -2.27. The highest BCUT2D eigenvalue weighted by Crippen LogP contribution is 2.26. The van der Waals surface area contributed by atoms with Gasteiger partial charge in [-0.1, -0.05) is 22.9 Å². The molecule has 2 N–H and O–H groups in total. The monoisotopic (exact) mass is 384 g/mol. The molecule has 126 valence electrons. The van der Waals surface area contributed by atoms with Crippen LogP contribution >= 0.6 is 15.9 Å². The van der Waals surface area contributed by atoms with Gasteiger partial charge in [-0.3, -0.25) is 4.79 Å². The van der Waals surface area contributed by atoms with Crippen molar-refractivity contribution in [3.8, 4) is 0 Å². The number of halogens is 1. The van der Waals surface area contributed by atoms with Crippen LogP contribution in [0.15, 0.2) is 18.2 Å². The molecule has 1 aromatic rings. The number of hydrogen-bond acceptors (Lipinski definition) is 5. The molecule has 1 fully saturated rings. The summed E-state index contributed by atoms with van der Waals surface area (Å²) in [6, 6.07) is 5.00. The summed E-state index contributed by atoms with van der Waals surface area (Å²) < 4.78 is 10.1. The van der Waals surface area contributed by atoms with Gasteiger partial charge in [-0.2, -0.15) is 0 Å². The van der Waals surface area contributed by atoms with E-state index in [4.69, 9.17) is 9.47 Å². The van der Waals surface area contributed by atoms with Crippen LogP contribution in [0.5, 0.6) is 0 Å². The predicted octanol–water partition coefficient (Wildman–Crippen LogP) is 2.79. The Kier molecular flexibility index (Phi) is 6.41. The Labute approximate surface area is 144 Å². The van der Waals surface area contributed by atoms with Gasteiger partial charge in [0.25, 0.3) is 0 Å². The number of benzene rings is 1. The molecule has 0 saturated carbocycles. The van der Waals surface area contributed by atoms with Crippen molar-refractivity contribution in [3.05, 3.63) is 23.8 Å². The number of ether oxygens (including phenoxy) is 2. The molecular formula is C16H21BrN2O4. The Balaban J connectivity index is 2.16. The lowest BCUT2D eigenvalue weighted by molar-refractivity contribution is -0.115. The van der Waals surface area contributed by atoms with Gasteiger partial charge in [0.1, 0.15) is 0 Å². The number of esters is 1. The first kappa shape index (κ1) is 17.7. The predicted molar refractivity (Wildman–Crippen MR) is 92.3 cm³/mol. The summed E-state index contributed by atoms with van der Waals surface area (Å²) in [5.41, 5.74) is 1.72. The fourth-order valence-corrected chi connectivity index (χ4v) is 2.22. The molecule has 0 spiro atoms. The molecule has 1 aromatic carbocycles. The van der Waals surface area contributed by atoms with E-state index in [2.05, 4.69) is 26.6 Å². The number of nitrogens with one attached hydrogen (secondary N) is 2. The minimum absolute atomic E-state index is 0.124. The van der Waals surface area contributed by atoms with E-state index >= 15 is 0 Å². The third-order valence-corrected chi connectivity index (χ3v) is 4.72. The first-order valence-electron chi connectivity index (χ1n) is 7.58. The fourth-order valence-electron chi connectivity index (χ4n) is 2.11. The SMILES string of the molecule is CC[C@H](Br)C(=O)Nc1ccc(C(=O)OC)cc1NC[C@@H]1CCO1. The van der Waals surface area contributed by atoms with Crippen LogP contribution in [-0.4, -0.2) is 43.1 Å². The zero-order chi connectivity index (χ0) is 16.8. The number of carbonyl (C=O) groups excluding carboxylic acids is 2. The summed E-state index contributed by atoms with van der Waals surface area (Å²) in [7, 11) is 1.34. The van der Waals surface area contributed by atoms with E-state index in [0.29, 0.717) is 29.9 Å². The van der Waals surface area contributed by atoms with Gasteiger partial charge in [0.05, 0.1) is 35.0 Å². The maximum Gasteiger partial charge on any atom is 0.337 e. The Morgan fingerprint density at radius 3 is 2.74 bits per heavy atom. The van der Waals surface area contributed by atoms with Crippen molar-refractivity contribution < 1.29 is 19.1 Å². The molecule has 1 amide bonds. The van der Waals surface area contributed by atoms with E-state index in [-0.39, 0.29) is 16.8 Å². The number of rotatable bonds is 7. The smallest absolute Gasteiger partial charge is 0.337 e. The lowest BCUT2D eigenvalue weighted by Crippen LogP contribution is -2.33. The lowest BCUT2D eigenvalue weighted by atomic mass is 10.1. The van der Waals surface area contributed by atoms with Crippen LogP contribution in [0.4, 0.5) is 11.4 Å². The maximum atomic E-state index is 12.1. The Bertz CT molecular complexity index is 575. The van der Waals surface area contributed by atoms with E-state index in [1.807, 2.05) is 6.92 Å². The molecule has 1 aliphatic rings. The number of anilines is 2. The third kappa shape index (κ3) is 4.68. The van der Waals surface area contributed by atoms with Gasteiger partial charge >= 0.3 is 5.97 Å². The zero-order valence-electron chi connectivity index (χ0n) is 13.2. The molecule has 2 atom stereocenters. The molecule has 0 aromatic heterocycles. The number of methoxy groups -OCH3 is 1. The second kappa shape index (κ2) is 8.31. The minimum Gasteiger partial charge on any atom is -0.465 e. The first-order chi connectivity index (χ1) is 11.0. The molecule has 0 aliphatic carbocycles. The molecule has 0 bridgehead atoms. The topological polar surface area (TPSA) is 76.7 Å². The molecule has 0 unspecified atom stereocenters. The summed E-state index contributed by atoms with van der Waals surface area (Å²) in [6.07, 6.45) is 1.86. The second-order valence-corrected chi connectivity index (χ2v) is 6.38. The van der Waals surface area contributed by atoms with Crippen molar-refractivity contribution in [3.63, 3.8) is 0 Å². The van der Waals surface area contributed by atoms with Gasteiger partial charge in [-0.15, -0.1) is 0 Å². The number of alkyl halides is 1. The van der Waals surface area contributed by atoms with Crippen molar-refractivity contribution in [2.45, 2.75) is 30.7 Å². The van der Waals surface area contributed by atoms with E-state index < -0.39 is 5.97 Å². The highest BCUT2D eigenvalue weighted by molar-refractivity contribution is 9.10. The van der Waals surface area contributed by atoms with Crippen molar-refractivity contribution in [2.24, 2.45) is 0 Å². The van der Waals surface area contributed by atoms with Crippen molar-refractivity contribution in [1.82, 2.24) is 0 Å². The summed E-state index contributed by atoms with van der Waals surface area (Å²) >= 11 is 3.33. The average Bonchev–Trinajstić information content (AvgIpc) is 2.52. The van der Waals surface area contributed by atoms with Gasteiger partial charge in [-0.05, 0) is 31.0 Å². The van der Waals surface area contributed by atoms with Crippen molar-refractivity contribution in [1.29, 1.82) is 0 Å². The second-order valence-electron chi connectivity index (χ2n) is 5.28. The molecule has 1 heterocycles. The van der Waals surface area contributed by atoms with Gasteiger partial charge in [0, 0.05) is 13.2 Å². The van der Waals surface area contributed by atoms with Crippen molar-refractivity contribution >= 4 is 39.2 Å². The molecule has 6 nitrogen and oxygen atoms in total. The molecular weight excluding hydrogens is 364 g/mol. The van der Waals surface area contributed by atoms with E-state index in [9.17, 15) is 9.59 Å². The fraction of sp³-hybridized carbons (Fsp3) is 0.500. The average molecular weight is 385 g/mol. The van der Waals surface area contributed by atoms with E-state index in [1.165, 1.54) is 7.11 Å². The molecule has 1 saturated heterocycles. The Hall–Kier alpha value is -1.60. The van der Waals surface area contributed by atoms with Gasteiger partial charge in [-0.25, -0.2) is 4.79 Å². The van der Waals surface area contributed by atoms with E-state index in [0.717, 1.165) is 13.0 Å². The minimum atomic E-state index is -0.419. The zero-order valence-corrected chi connectivity index (χ0v) is 14.8. The van der Waals surface area contributed by atoms with Crippen LogP contribution < -0.4 is 10.6 Å². The first-order valence-corrected chi connectivity index (χ1v) is 8.49. The third-order valence-electron chi connectivity index (χ3n) is 3.66. The maximum absolute atomic E-state index is 12.1. The quantitative estimate of drug-likeness (QED) is 0.558. The number of carbonyl (C=O) groups is 2. The van der Waals surface area contributed by atoms with Crippen LogP contribution in [0.1, 0.15) is 30.1 Å². The summed E-state index contributed by atoms with van der Waals surface area (Å²) in [5, 5.41) is 6.10. The van der Waals surface area contributed by atoms with Gasteiger partial charge in [0.2, 0.25) is 5.91 Å². The highest BCUT2D eigenvalue weighted by atomic mass is 79.9. The Morgan fingerprint density at radius 2 is 2.17 bits per heavy atom. The van der Waals surface area contributed by atoms with E-state index in [1.54, 1.807) is 18.2 Å². The normalized spacial score (nSPS) is 17.8. The summed E-state index contributed by atoms with van der Waals surface area (Å²) in [4.78, 5) is 23.5. The van der Waals surface area contributed by atoms with Crippen molar-refractivity contribution in [2.75, 3.05) is 30.9 Å². The molecule has 2 rings (SSSR count). The van der Waals surface area contributed by atoms with Crippen LogP contribution in [0, 0.1) is 0 Å². The van der Waals surface area contributed by atoms with Gasteiger partial charge in [0.15, 0.2) is 0 Å². The number of hydrogen-bond donors (Lipinski definition) is 2. The summed E-state index contributed by atoms with van der Waals surface area (Å²) in [5.74, 6) is -0.543. The molecule has 0 radical (unpaired) electrons. The van der Waals surface area contributed by atoms with Crippen LogP contribution in [-0.2, 0) is 14.3 Å². The van der Waals surface area contributed by atoms with Gasteiger partial charge < -0.3 is 20.1 Å². The van der Waals surface area contributed by atoms with Crippen LogP contribution in [0.25, 0.3) is 0 Å². The van der Waals surface area contributed by atoms with Crippen LogP contribution in [0.2, 0.25) is 0 Å².